The van der Waals surface area contributed by atoms with Gasteiger partial charge in [-0.25, -0.2) is 9.59 Å². The second-order valence-electron chi connectivity index (χ2n) is 8.02. The number of hydrogen-bond donors (Lipinski definition) is 2. The van der Waals surface area contributed by atoms with Crippen molar-refractivity contribution in [2.24, 2.45) is 0 Å². The average Bonchev–Trinajstić information content (AvgIpc) is 3.24. The maximum Gasteiger partial charge on any atom is 0.328 e. The lowest BCUT2D eigenvalue weighted by Gasteiger charge is -2.35. The molecule has 4 rings (SSSR count). The zero-order valence-corrected chi connectivity index (χ0v) is 19.1. The van der Waals surface area contributed by atoms with Gasteiger partial charge in [-0.3, -0.25) is 4.90 Å². The molecule has 0 aliphatic carbocycles. The molecule has 7 heteroatoms. The Hall–Kier alpha value is -3.00. The van der Waals surface area contributed by atoms with Gasteiger partial charge in [-0.15, -0.1) is 11.3 Å². The third-order valence-electron chi connectivity index (χ3n) is 5.38. The van der Waals surface area contributed by atoms with Gasteiger partial charge in [-0.1, -0.05) is 30.3 Å². The summed E-state index contributed by atoms with van der Waals surface area (Å²) < 4.78 is 1.38. The lowest BCUT2D eigenvalue weighted by atomic mass is 9.84. The minimum atomic E-state index is -1.26. The lowest BCUT2D eigenvalue weighted by Crippen LogP contribution is -2.38. The molecule has 168 valence electrons. The number of hydrogen-bond acceptors (Lipinski definition) is 5. The van der Waals surface area contributed by atoms with Crippen LogP contribution in [0.2, 0.25) is 0 Å². The minimum absolute atomic E-state index is 0.474. The van der Waals surface area contributed by atoms with Crippen LogP contribution in [0, 0.1) is 0 Å². The van der Waals surface area contributed by atoms with Gasteiger partial charge in [0.15, 0.2) is 0 Å². The van der Waals surface area contributed by atoms with Crippen molar-refractivity contribution in [2.75, 3.05) is 33.7 Å². The number of nitrogens with zero attached hydrogens (tertiary/aromatic N) is 2. The van der Waals surface area contributed by atoms with E-state index in [-0.39, 0.29) is 0 Å². The summed E-state index contributed by atoms with van der Waals surface area (Å²) in [5.74, 6) is -2.04. The van der Waals surface area contributed by atoms with Crippen molar-refractivity contribution < 1.29 is 19.8 Å². The molecule has 1 aliphatic rings. The van der Waals surface area contributed by atoms with Gasteiger partial charge in [0.2, 0.25) is 0 Å². The first-order valence-corrected chi connectivity index (χ1v) is 11.3. The van der Waals surface area contributed by atoms with Crippen molar-refractivity contribution in [3.8, 4) is 0 Å². The number of carbonyl (C=O) groups is 2. The highest BCUT2D eigenvalue weighted by atomic mass is 32.1. The molecule has 1 unspecified atom stereocenters. The van der Waals surface area contributed by atoms with Gasteiger partial charge in [0.05, 0.1) is 0 Å². The van der Waals surface area contributed by atoms with Crippen molar-refractivity contribution >= 4 is 33.4 Å². The van der Waals surface area contributed by atoms with Crippen LogP contribution in [-0.2, 0) is 16.1 Å². The molecule has 2 aromatic carbocycles. The molecule has 0 bridgehead atoms. The molecular formula is C25H28N2O4S. The fourth-order valence-corrected chi connectivity index (χ4v) is 4.59. The quantitative estimate of drug-likeness (QED) is 0.548. The summed E-state index contributed by atoms with van der Waals surface area (Å²) in [4.78, 5) is 24.0. The van der Waals surface area contributed by atoms with Crippen LogP contribution in [0.15, 0.2) is 66.1 Å². The van der Waals surface area contributed by atoms with E-state index in [9.17, 15) is 9.59 Å². The van der Waals surface area contributed by atoms with Gasteiger partial charge < -0.3 is 15.1 Å². The number of likely N-dealkylation sites (N-methyl/N-ethyl adjacent to an activating group) is 1. The van der Waals surface area contributed by atoms with Crippen molar-refractivity contribution in [1.82, 2.24) is 9.80 Å². The summed E-state index contributed by atoms with van der Waals surface area (Å²) in [5, 5.41) is 19.2. The van der Waals surface area contributed by atoms with E-state index in [1.54, 1.807) is 0 Å². The van der Waals surface area contributed by atoms with Gasteiger partial charge in [0.25, 0.3) is 0 Å². The largest absolute Gasteiger partial charge is 0.478 e. The molecule has 0 fully saturated rings. The summed E-state index contributed by atoms with van der Waals surface area (Å²) in [6.07, 6.45) is 1.12. The standard InChI is InChI=1S/C21H24N2S.C4H4O4/c1-22(2)10-11-23-14-18-5-3-4-6-19(18)20(15-23)16-7-8-21-17(13-16)9-12-24-21;5-3(6)1-2-4(7)8/h3-9,12-13,20H,10-11,14-15H2,1-2H3;1-2H,(H,5,6)(H,7,8)/b;2-1+. The van der Waals surface area contributed by atoms with Crippen LogP contribution < -0.4 is 0 Å². The SMILES string of the molecule is CN(C)CCN1Cc2ccccc2C(c2ccc3sccc3c2)C1.O=C(O)/C=C/C(=O)O. The lowest BCUT2D eigenvalue weighted by molar-refractivity contribution is -0.134. The van der Waals surface area contributed by atoms with E-state index in [0.717, 1.165) is 26.2 Å². The first-order chi connectivity index (χ1) is 15.3. The Morgan fingerprint density at radius 2 is 1.81 bits per heavy atom. The van der Waals surface area contributed by atoms with E-state index in [0.29, 0.717) is 18.1 Å². The molecule has 3 aromatic rings. The van der Waals surface area contributed by atoms with Crippen LogP contribution in [0.4, 0.5) is 0 Å². The monoisotopic (exact) mass is 452 g/mol. The smallest absolute Gasteiger partial charge is 0.328 e. The Bertz CT molecular complexity index is 1090. The van der Waals surface area contributed by atoms with E-state index in [2.05, 4.69) is 77.8 Å². The van der Waals surface area contributed by atoms with Gasteiger partial charge >= 0.3 is 11.9 Å². The second-order valence-corrected chi connectivity index (χ2v) is 8.97. The van der Waals surface area contributed by atoms with Crippen molar-refractivity contribution in [2.45, 2.75) is 12.5 Å². The number of thiophene rings is 1. The third kappa shape index (κ3) is 6.50. The van der Waals surface area contributed by atoms with E-state index in [1.165, 1.54) is 26.8 Å². The molecule has 6 nitrogen and oxygen atoms in total. The topological polar surface area (TPSA) is 81.1 Å². The van der Waals surface area contributed by atoms with E-state index >= 15 is 0 Å². The molecule has 1 atom stereocenters. The Morgan fingerprint density at radius 1 is 1.09 bits per heavy atom. The summed E-state index contributed by atoms with van der Waals surface area (Å²) >= 11 is 1.82. The number of fused-ring (bicyclic) bond motifs is 2. The normalized spacial score (nSPS) is 16.0. The zero-order chi connectivity index (χ0) is 23.1. The van der Waals surface area contributed by atoms with Crippen LogP contribution in [0.3, 0.4) is 0 Å². The Kier molecular flexibility index (Phi) is 8.16. The van der Waals surface area contributed by atoms with Crippen molar-refractivity contribution in [3.63, 3.8) is 0 Å². The Morgan fingerprint density at radius 3 is 2.50 bits per heavy atom. The van der Waals surface area contributed by atoms with Crippen molar-refractivity contribution in [3.05, 3.63) is 82.8 Å². The van der Waals surface area contributed by atoms with Gasteiger partial charge in [0.1, 0.15) is 0 Å². The molecule has 0 radical (unpaired) electrons. The molecular weight excluding hydrogens is 424 g/mol. The molecule has 0 amide bonds. The highest BCUT2D eigenvalue weighted by Crippen LogP contribution is 2.35. The molecule has 1 aliphatic heterocycles. The highest BCUT2D eigenvalue weighted by molar-refractivity contribution is 7.17. The molecule has 2 heterocycles. The number of rotatable bonds is 6. The predicted molar refractivity (Wildman–Crippen MR) is 128 cm³/mol. The molecule has 2 N–H and O–H groups in total. The number of carboxylic acid groups (broad SMARTS) is 2. The highest BCUT2D eigenvalue weighted by Gasteiger charge is 2.26. The molecule has 0 saturated heterocycles. The van der Waals surface area contributed by atoms with Crippen LogP contribution in [0.1, 0.15) is 22.6 Å². The van der Waals surface area contributed by atoms with E-state index < -0.39 is 11.9 Å². The third-order valence-corrected chi connectivity index (χ3v) is 6.27. The summed E-state index contributed by atoms with van der Waals surface area (Å²) in [6, 6.07) is 18.2. The zero-order valence-electron chi connectivity index (χ0n) is 18.3. The minimum Gasteiger partial charge on any atom is -0.478 e. The predicted octanol–water partition coefficient (Wildman–Crippen LogP) is 4.12. The van der Waals surface area contributed by atoms with Crippen LogP contribution in [0.5, 0.6) is 0 Å². The maximum absolute atomic E-state index is 9.55. The fraction of sp³-hybridized carbons (Fsp3) is 0.280. The molecule has 0 saturated carbocycles. The first-order valence-electron chi connectivity index (χ1n) is 10.4. The molecule has 1 aromatic heterocycles. The Labute approximate surface area is 192 Å². The van der Waals surface area contributed by atoms with Crippen LogP contribution in [-0.4, -0.2) is 65.7 Å². The fourth-order valence-electron chi connectivity index (χ4n) is 3.82. The number of benzene rings is 2. The van der Waals surface area contributed by atoms with Gasteiger partial charge in [-0.05, 0) is 59.8 Å². The van der Waals surface area contributed by atoms with Gasteiger partial charge in [0, 0.05) is 48.9 Å². The van der Waals surface area contributed by atoms with Crippen LogP contribution >= 0.6 is 11.3 Å². The molecule has 32 heavy (non-hydrogen) atoms. The number of carboxylic acids is 2. The van der Waals surface area contributed by atoms with Crippen LogP contribution in [0.25, 0.3) is 10.1 Å². The first kappa shape index (κ1) is 23.7. The summed E-state index contributed by atoms with van der Waals surface area (Å²) in [7, 11) is 4.31. The van der Waals surface area contributed by atoms with Crippen molar-refractivity contribution in [1.29, 1.82) is 0 Å². The second kappa shape index (κ2) is 11.0. The summed E-state index contributed by atoms with van der Waals surface area (Å²) in [5.41, 5.74) is 4.44. The molecule has 0 spiro atoms. The van der Waals surface area contributed by atoms with E-state index in [1.807, 2.05) is 11.3 Å². The maximum atomic E-state index is 9.55. The van der Waals surface area contributed by atoms with E-state index in [4.69, 9.17) is 10.2 Å². The van der Waals surface area contributed by atoms with Gasteiger partial charge in [-0.2, -0.15) is 0 Å². The Balaban J connectivity index is 0.000000312. The summed E-state index contributed by atoms with van der Waals surface area (Å²) in [6.45, 7) is 4.42. The average molecular weight is 453 g/mol. The number of aliphatic carboxylic acids is 2.